The molecule has 102 valence electrons. The lowest BCUT2D eigenvalue weighted by molar-refractivity contribution is -0.0819. The van der Waals surface area contributed by atoms with Crippen molar-refractivity contribution in [3.8, 4) is 0 Å². The summed E-state index contributed by atoms with van der Waals surface area (Å²) in [4.78, 5) is 13.9. The second kappa shape index (κ2) is 3.85. The van der Waals surface area contributed by atoms with E-state index >= 15 is 0 Å². The highest BCUT2D eigenvalue weighted by Crippen LogP contribution is 2.65. The number of hydrogen-bond donors (Lipinski definition) is 0. The number of ketones is 1. The Balaban J connectivity index is 1.72. The third kappa shape index (κ3) is 1.83. The standard InChI is InChI=1S/C16H19ClOS/c1-15-5-10-4-11(6-15)8-16(7-10,9-15)14(18)12-2-3-13(17)19-12/h2-3,10-11H,4-9H2,1H3. The number of rotatable bonds is 2. The van der Waals surface area contributed by atoms with Gasteiger partial charge in [-0.05, 0) is 67.9 Å². The van der Waals surface area contributed by atoms with Crippen LogP contribution < -0.4 is 0 Å². The molecule has 1 aromatic heterocycles. The zero-order valence-corrected chi connectivity index (χ0v) is 12.8. The highest BCUT2D eigenvalue weighted by atomic mass is 35.5. The van der Waals surface area contributed by atoms with Gasteiger partial charge in [0.1, 0.15) is 0 Å². The van der Waals surface area contributed by atoms with Crippen LogP contribution >= 0.6 is 22.9 Å². The lowest BCUT2D eigenvalue weighted by Crippen LogP contribution is -2.53. The minimum Gasteiger partial charge on any atom is -0.293 e. The van der Waals surface area contributed by atoms with Crippen LogP contribution in [0.2, 0.25) is 4.34 Å². The summed E-state index contributed by atoms with van der Waals surface area (Å²) in [6, 6.07) is 3.79. The Hall–Kier alpha value is -0.340. The molecule has 1 nitrogen and oxygen atoms in total. The zero-order chi connectivity index (χ0) is 13.3. The van der Waals surface area contributed by atoms with E-state index in [9.17, 15) is 4.79 Å². The smallest absolute Gasteiger partial charge is 0.178 e. The first-order valence-corrected chi connectivity index (χ1v) is 8.48. The van der Waals surface area contributed by atoms with Gasteiger partial charge in [0, 0.05) is 5.41 Å². The normalized spacial score (nSPS) is 43.7. The van der Waals surface area contributed by atoms with E-state index in [1.165, 1.54) is 30.6 Å². The largest absolute Gasteiger partial charge is 0.293 e. The van der Waals surface area contributed by atoms with Crippen LogP contribution in [0.4, 0.5) is 0 Å². The molecule has 3 heteroatoms. The maximum Gasteiger partial charge on any atom is 0.178 e. The van der Waals surface area contributed by atoms with Crippen molar-refractivity contribution in [1.29, 1.82) is 0 Å². The van der Waals surface area contributed by atoms with Crippen LogP contribution in [-0.4, -0.2) is 5.78 Å². The molecule has 19 heavy (non-hydrogen) atoms. The molecule has 4 aliphatic carbocycles. The molecule has 4 bridgehead atoms. The van der Waals surface area contributed by atoms with Crippen LogP contribution in [0.5, 0.6) is 0 Å². The Labute approximate surface area is 123 Å². The quantitative estimate of drug-likeness (QED) is 0.686. The van der Waals surface area contributed by atoms with Gasteiger partial charge in [0.15, 0.2) is 5.78 Å². The molecule has 0 saturated heterocycles. The number of thiophene rings is 1. The molecule has 2 atom stereocenters. The maximum absolute atomic E-state index is 13.0. The maximum atomic E-state index is 13.0. The van der Waals surface area contributed by atoms with Crippen molar-refractivity contribution in [3.63, 3.8) is 0 Å². The Morgan fingerprint density at radius 3 is 2.47 bits per heavy atom. The summed E-state index contributed by atoms with van der Waals surface area (Å²) in [6.07, 6.45) is 7.45. The molecule has 0 N–H and O–H groups in total. The van der Waals surface area contributed by atoms with Gasteiger partial charge in [-0.25, -0.2) is 0 Å². The summed E-state index contributed by atoms with van der Waals surface area (Å²) in [5.74, 6) is 1.99. The van der Waals surface area contributed by atoms with Gasteiger partial charge >= 0.3 is 0 Å². The number of carbonyl (C=O) groups excluding carboxylic acids is 1. The monoisotopic (exact) mass is 294 g/mol. The first-order valence-electron chi connectivity index (χ1n) is 7.28. The van der Waals surface area contributed by atoms with Gasteiger partial charge in [-0.3, -0.25) is 4.79 Å². The number of hydrogen-bond acceptors (Lipinski definition) is 2. The Kier molecular flexibility index (Phi) is 2.52. The van der Waals surface area contributed by atoms with E-state index in [-0.39, 0.29) is 5.41 Å². The van der Waals surface area contributed by atoms with Crippen molar-refractivity contribution in [1.82, 2.24) is 0 Å². The highest BCUT2D eigenvalue weighted by molar-refractivity contribution is 7.18. The fourth-order valence-electron chi connectivity index (χ4n) is 5.68. The van der Waals surface area contributed by atoms with Crippen LogP contribution in [0.25, 0.3) is 0 Å². The van der Waals surface area contributed by atoms with Gasteiger partial charge in [0.05, 0.1) is 9.21 Å². The minimum atomic E-state index is -0.0486. The predicted molar refractivity (Wildman–Crippen MR) is 78.9 cm³/mol. The SMILES string of the molecule is CC12CC3CC(C1)CC(C(=O)c1ccc(Cl)s1)(C3)C2. The minimum absolute atomic E-state index is 0.0486. The Morgan fingerprint density at radius 2 is 1.95 bits per heavy atom. The van der Waals surface area contributed by atoms with Crippen LogP contribution in [0, 0.1) is 22.7 Å². The number of Topliss-reactive ketones (excluding diaryl/α,β-unsaturated/α-hetero) is 1. The molecule has 5 rings (SSSR count). The first-order chi connectivity index (χ1) is 8.98. The predicted octanol–water partition coefficient (Wildman–Crippen LogP) is 5.19. The van der Waals surface area contributed by atoms with Gasteiger partial charge in [0.2, 0.25) is 0 Å². The average molecular weight is 295 g/mol. The Bertz CT molecular complexity index is 533. The van der Waals surface area contributed by atoms with Crippen LogP contribution in [0.1, 0.15) is 55.1 Å². The van der Waals surface area contributed by atoms with Crippen molar-refractivity contribution in [2.75, 3.05) is 0 Å². The van der Waals surface area contributed by atoms with Crippen molar-refractivity contribution in [2.24, 2.45) is 22.7 Å². The molecule has 0 radical (unpaired) electrons. The molecule has 0 aliphatic heterocycles. The molecule has 4 saturated carbocycles. The van der Waals surface area contributed by atoms with Crippen LogP contribution in [-0.2, 0) is 0 Å². The summed E-state index contributed by atoms with van der Waals surface area (Å²) in [5.41, 5.74) is 0.383. The van der Waals surface area contributed by atoms with Crippen molar-refractivity contribution < 1.29 is 4.79 Å². The van der Waals surface area contributed by atoms with E-state index in [0.29, 0.717) is 11.2 Å². The first kappa shape index (κ1) is 12.4. The van der Waals surface area contributed by atoms with Gasteiger partial charge in [0.25, 0.3) is 0 Å². The van der Waals surface area contributed by atoms with Crippen LogP contribution in [0.15, 0.2) is 12.1 Å². The number of halogens is 1. The van der Waals surface area contributed by atoms with Gasteiger partial charge in [-0.2, -0.15) is 0 Å². The third-order valence-electron chi connectivity index (χ3n) is 5.63. The molecule has 4 fully saturated rings. The van der Waals surface area contributed by atoms with Crippen LogP contribution in [0.3, 0.4) is 0 Å². The molecule has 4 aliphatic rings. The van der Waals surface area contributed by atoms with E-state index in [1.54, 1.807) is 0 Å². The third-order valence-corrected chi connectivity index (χ3v) is 6.86. The lowest BCUT2D eigenvalue weighted by atomic mass is 9.44. The van der Waals surface area contributed by atoms with Crippen molar-refractivity contribution in [2.45, 2.75) is 45.4 Å². The second-order valence-corrected chi connectivity index (χ2v) is 9.20. The summed E-state index contributed by atoms with van der Waals surface area (Å²) >= 11 is 7.47. The molecule has 2 unspecified atom stereocenters. The fourth-order valence-corrected chi connectivity index (χ4v) is 6.79. The van der Waals surface area contributed by atoms with E-state index in [1.807, 2.05) is 12.1 Å². The number of carbonyl (C=O) groups is 1. The fraction of sp³-hybridized carbons (Fsp3) is 0.688. The lowest BCUT2D eigenvalue weighted by Gasteiger charge is -2.60. The summed E-state index contributed by atoms with van der Waals surface area (Å²) in [5, 5.41) is 0. The molecule has 0 spiro atoms. The molecular weight excluding hydrogens is 276 g/mol. The topological polar surface area (TPSA) is 17.1 Å². The van der Waals surface area contributed by atoms with E-state index < -0.39 is 0 Å². The summed E-state index contributed by atoms with van der Waals surface area (Å²) in [7, 11) is 0. The van der Waals surface area contributed by atoms with Crippen molar-refractivity contribution in [3.05, 3.63) is 21.3 Å². The van der Waals surface area contributed by atoms with Gasteiger partial charge in [-0.1, -0.05) is 18.5 Å². The molecular formula is C16H19ClOS. The van der Waals surface area contributed by atoms with Crippen molar-refractivity contribution >= 4 is 28.7 Å². The molecule has 0 amide bonds. The van der Waals surface area contributed by atoms with E-state index in [2.05, 4.69) is 6.92 Å². The highest BCUT2D eigenvalue weighted by Gasteiger charge is 2.58. The van der Waals surface area contributed by atoms with E-state index in [0.717, 1.165) is 40.3 Å². The zero-order valence-electron chi connectivity index (χ0n) is 11.2. The molecule has 1 heterocycles. The molecule has 1 aromatic rings. The van der Waals surface area contributed by atoms with E-state index in [4.69, 9.17) is 11.6 Å². The summed E-state index contributed by atoms with van der Waals surface area (Å²) in [6.45, 7) is 2.41. The second-order valence-electron chi connectivity index (χ2n) is 7.48. The molecule has 0 aromatic carbocycles. The summed E-state index contributed by atoms with van der Waals surface area (Å²) < 4.78 is 0.735. The van der Waals surface area contributed by atoms with Gasteiger partial charge in [-0.15, -0.1) is 11.3 Å². The average Bonchev–Trinajstić information content (AvgIpc) is 2.71. The van der Waals surface area contributed by atoms with Gasteiger partial charge < -0.3 is 0 Å². The Morgan fingerprint density at radius 1 is 1.26 bits per heavy atom.